The quantitative estimate of drug-likeness (QED) is 0.888. The lowest BCUT2D eigenvalue weighted by molar-refractivity contribution is 0.543. The highest BCUT2D eigenvalue weighted by atomic mass is 32.2. The number of hydrogen-bond donors (Lipinski definition) is 1. The van der Waals surface area contributed by atoms with Crippen molar-refractivity contribution in [3.8, 4) is 0 Å². The molecule has 1 heterocycles. The standard InChI is InChI=1S/C12H17NO4S2/c1-10-3-2-4-12(7-10)19(16,17)13-8-11-5-6-18(14,15)9-11/h2-4,7,11,13H,5-6,8-9H2,1H3. The third-order valence-corrected chi connectivity index (χ3v) is 6.45. The van der Waals surface area contributed by atoms with Gasteiger partial charge in [0.05, 0.1) is 16.4 Å². The Hall–Kier alpha value is -0.920. The number of rotatable bonds is 4. The first-order chi connectivity index (χ1) is 8.78. The molecule has 1 N–H and O–H groups in total. The highest BCUT2D eigenvalue weighted by molar-refractivity contribution is 7.91. The summed E-state index contributed by atoms with van der Waals surface area (Å²) in [6.07, 6.45) is 0.526. The fraction of sp³-hybridized carbons (Fsp3) is 0.500. The van der Waals surface area contributed by atoms with Crippen molar-refractivity contribution in [1.82, 2.24) is 4.72 Å². The molecule has 0 spiro atoms. The van der Waals surface area contributed by atoms with Crippen LogP contribution in [0.4, 0.5) is 0 Å². The Bertz CT molecular complexity index is 665. The molecule has 1 aliphatic rings. The SMILES string of the molecule is Cc1cccc(S(=O)(=O)NCC2CCS(=O)(=O)C2)c1. The number of sulfonamides is 1. The Morgan fingerprint density at radius 2 is 2.11 bits per heavy atom. The lowest BCUT2D eigenvalue weighted by Gasteiger charge is -2.10. The number of sulfone groups is 1. The van der Waals surface area contributed by atoms with Crippen molar-refractivity contribution in [3.05, 3.63) is 29.8 Å². The molecule has 19 heavy (non-hydrogen) atoms. The monoisotopic (exact) mass is 303 g/mol. The first kappa shape index (κ1) is 14.5. The zero-order valence-electron chi connectivity index (χ0n) is 10.7. The molecule has 1 aromatic carbocycles. The zero-order chi connectivity index (χ0) is 14.1. The van der Waals surface area contributed by atoms with Crippen molar-refractivity contribution in [2.45, 2.75) is 18.2 Å². The maximum Gasteiger partial charge on any atom is 0.240 e. The van der Waals surface area contributed by atoms with Gasteiger partial charge < -0.3 is 0 Å². The van der Waals surface area contributed by atoms with Crippen molar-refractivity contribution < 1.29 is 16.8 Å². The smallest absolute Gasteiger partial charge is 0.229 e. The molecule has 106 valence electrons. The van der Waals surface area contributed by atoms with E-state index in [2.05, 4.69) is 4.72 Å². The van der Waals surface area contributed by atoms with E-state index in [4.69, 9.17) is 0 Å². The van der Waals surface area contributed by atoms with Crippen LogP contribution in [0.1, 0.15) is 12.0 Å². The average Bonchev–Trinajstić information content (AvgIpc) is 2.67. The van der Waals surface area contributed by atoms with E-state index >= 15 is 0 Å². The van der Waals surface area contributed by atoms with Crippen LogP contribution < -0.4 is 4.72 Å². The number of hydrogen-bond acceptors (Lipinski definition) is 4. The Morgan fingerprint density at radius 3 is 2.68 bits per heavy atom. The summed E-state index contributed by atoms with van der Waals surface area (Å²) in [4.78, 5) is 0.216. The molecule has 0 amide bonds. The van der Waals surface area contributed by atoms with Gasteiger partial charge in [-0.3, -0.25) is 0 Å². The van der Waals surface area contributed by atoms with Crippen molar-refractivity contribution in [3.63, 3.8) is 0 Å². The van der Waals surface area contributed by atoms with Gasteiger partial charge in [0.2, 0.25) is 10.0 Å². The van der Waals surface area contributed by atoms with Gasteiger partial charge in [0.15, 0.2) is 9.84 Å². The summed E-state index contributed by atoms with van der Waals surface area (Å²) in [5.74, 6) is 0.109. The molecular weight excluding hydrogens is 286 g/mol. The molecule has 5 nitrogen and oxygen atoms in total. The topological polar surface area (TPSA) is 80.3 Å². The van der Waals surface area contributed by atoms with Gasteiger partial charge in [-0.25, -0.2) is 21.6 Å². The predicted octanol–water partition coefficient (Wildman–Crippen LogP) is 0.708. The Kier molecular flexibility index (Phi) is 3.98. The second-order valence-corrected chi connectivity index (χ2v) is 8.93. The largest absolute Gasteiger partial charge is 0.240 e. The minimum Gasteiger partial charge on any atom is -0.229 e. The fourth-order valence-corrected chi connectivity index (χ4v) is 5.21. The van der Waals surface area contributed by atoms with Crippen molar-refractivity contribution in [2.75, 3.05) is 18.1 Å². The molecule has 0 radical (unpaired) electrons. The van der Waals surface area contributed by atoms with Crippen LogP contribution in [0.15, 0.2) is 29.2 Å². The van der Waals surface area contributed by atoms with Crippen LogP contribution in [0.25, 0.3) is 0 Å². The number of benzene rings is 1. The molecule has 1 atom stereocenters. The molecule has 1 aromatic rings. The summed E-state index contributed by atoms with van der Waals surface area (Å²) in [5.41, 5.74) is 0.867. The van der Waals surface area contributed by atoms with E-state index in [9.17, 15) is 16.8 Å². The molecule has 1 aliphatic heterocycles. The number of nitrogens with one attached hydrogen (secondary N) is 1. The van der Waals surface area contributed by atoms with Gasteiger partial charge in [-0.05, 0) is 37.0 Å². The molecule has 0 bridgehead atoms. The first-order valence-corrected chi connectivity index (χ1v) is 9.36. The van der Waals surface area contributed by atoms with Crippen LogP contribution in [-0.2, 0) is 19.9 Å². The third kappa shape index (κ3) is 3.77. The van der Waals surface area contributed by atoms with E-state index in [0.29, 0.717) is 6.42 Å². The van der Waals surface area contributed by atoms with Crippen LogP contribution >= 0.6 is 0 Å². The van der Waals surface area contributed by atoms with Crippen molar-refractivity contribution in [1.29, 1.82) is 0 Å². The molecule has 1 unspecified atom stereocenters. The summed E-state index contributed by atoms with van der Waals surface area (Å²) in [6, 6.07) is 6.63. The van der Waals surface area contributed by atoms with Crippen molar-refractivity contribution >= 4 is 19.9 Å². The van der Waals surface area contributed by atoms with Crippen molar-refractivity contribution in [2.24, 2.45) is 5.92 Å². The summed E-state index contributed by atoms with van der Waals surface area (Å²) >= 11 is 0. The summed E-state index contributed by atoms with van der Waals surface area (Å²) in [6.45, 7) is 2.00. The highest BCUT2D eigenvalue weighted by Crippen LogP contribution is 2.18. The van der Waals surface area contributed by atoms with E-state index in [1.54, 1.807) is 12.1 Å². The Labute approximate surface area is 114 Å². The lowest BCUT2D eigenvalue weighted by atomic mass is 10.1. The molecule has 2 rings (SSSR count). The molecule has 7 heteroatoms. The molecule has 0 saturated carbocycles. The first-order valence-electron chi connectivity index (χ1n) is 6.05. The van der Waals surface area contributed by atoms with Gasteiger partial charge in [-0.1, -0.05) is 12.1 Å². The molecule has 1 fully saturated rings. The van der Waals surface area contributed by atoms with Crippen LogP contribution in [0.5, 0.6) is 0 Å². The van der Waals surface area contributed by atoms with E-state index < -0.39 is 19.9 Å². The zero-order valence-corrected chi connectivity index (χ0v) is 12.3. The van der Waals surface area contributed by atoms with Crippen LogP contribution in [-0.4, -0.2) is 34.9 Å². The van der Waals surface area contributed by atoms with Gasteiger partial charge >= 0.3 is 0 Å². The third-order valence-electron chi connectivity index (χ3n) is 3.19. The van der Waals surface area contributed by atoms with Crippen LogP contribution in [0.2, 0.25) is 0 Å². The van der Waals surface area contributed by atoms with Gasteiger partial charge in [-0.15, -0.1) is 0 Å². The maximum atomic E-state index is 12.0. The summed E-state index contributed by atoms with van der Waals surface area (Å²) in [5, 5.41) is 0. The molecule has 1 saturated heterocycles. The van der Waals surface area contributed by atoms with E-state index in [0.717, 1.165) is 5.56 Å². The Balaban J connectivity index is 2.03. The molecular formula is C12H17NO4S2. The summed E-state index contributed by atoms with van der Waals surface area (Å²) < 4.78 is 49.2. The maximum absolute atomic E-state index is 12.0. The predicted molar refractivity (Wildman–Crippen MR) is 73.1 cm³/mol. The minimum atomic E-state index is -3.55. The fourth-order valence-electron chi connectivity index (χ4n) is 2.13. The van der Waals surface area contributed by atoms with E-state index in [1.165, 1.54) is 6.07 Å². The van der Waals surface area contributed by atoms with E-state index in [-0.39, 0.29) is 28.9 Å². The van der Waals surface area contributed by atoms with Gasteiger partial charge in [0.25, 0.3) is 0 Å². The minimum absolute atomic E-state index is 0.0728. The molecule has 0 aromatic heterocycles. The van der Waals surface area contributed by atoms with Crippen LogP contribution in [0, 0.1) is 12.8 Å². The average molecular weight is 303 g/mol. The lowest BCUT2D eigenvalue weighted by Crippen LogP contribution is -2.30. The highest BCUT2D eigenvalue weighted by Gasteiger charge is 2.28. The second-order valence-electron chi connectivity index (χ2n) is 4.94. The van der Waals surface area contributed by atoms with Gasteiger partial charge in [0.1, 0.15) is 0 Å². The Morgan fingerprint density at radius 1 is 1.37 bits per heavy atom. The van der Waals surface area contributed by atoms with E-state index in [1.807, 2.05) is 13.0 Å². The van der Waals surface area contributed by atoms with Gasteiger partial charge in [0, 0.05) is 6.54 Å². The van der Waals surface area contributed by atoms with Crippen LogP contribution in [0.3, 0.4) is 0 Å². The normalized spacial score (nSPS) is 22.5. The second kappa shape index (κ2) is 5.22. The number of aryl methyl sites for hydroxylation is 1. The summed E-state index contributed by atoms with van der Waals surface area (Å²) in [7, 11) is -6.52. The van der Waals surface area contributed by atoms with Gasteiger partial charge in [-0.2, -0.15) is 0 Å². The molecule has 0 aliphatic carbocycles.